The van der Waals surface area contributed by atoms with E-state index >= 15 is 0 Å². The smallest absolute Gasteiger partial charge is 0.305 e. The van der Waals surface area contributed by atoms with Crippen LogP contribution in [0.2, 0.25) is 0 Å². The second kappa shape index (κ2) is 6.05. The molecule has 1 aromatic carbocycles. The summed E-state index contributed by atoms with van der Waals surface area (Å²) in [5.41, 5.74) is -0.266. The Hall–Kier alpha value is -1.57. The van der Waals surface area contributed by atoms with Crippen LogP contribution in [-0.4, -0.2) is 47.8 Å². The van der Waals surface area contributed by atoms with Crippen LogP contribution in [-0.2, 0) is 4.74 Å². The van der Waals surface area contributed by atoms with E-state index in [4.69, 9.17) is 4.74 Å². The molecule has 1 atom stereocenters. The Morgan fingerprint density at radius 1 is 1.47 bits per heavy atom. The Bertz CT molecular complexity index is 463. The molecular formula is C12H15FN2O4. The number of ether oxygens (including phenoxy) is 1. The van der Waals surface area contributed by atoms with Gasteiger partial charge in [0.25, 0.3) is 0 Å². The Balaban J connectivity index is 2.07. The Morgan fingerprint density at radius 2 is 2.16 bits per heavy atom. The van der Waals surface area contributed by atoms with Crippen LogP contribution in [0.4, 0.5) is 10.1 Å². The lowest BCUT2D eigenvalue weighted by atomic mass is 10.1. The first-order chi connectivity index (χ1) is 9.08. The van der Waals surface area contributed by atoms with Crippen LogP contribution in [0.25, 0.3) is 0 Å². The lowest BCUT2D eigenvalue weighted by molar-refractivity contribution is -0.387. The predicted molar refractivity (Wildman–Crippen MR) is 65.3 cm³/mol. The number of benzene rings is 1. The van der Waals surface area contributed by atoms with Gasteiger partial charge < -0.3 is 9.84 Å². The molecule has 1 unspecified atom stereocenters. The Kier molecular flexibility index (Phi) is 4.41. The molecule has 1 N–H and O–H groups in total. The van der Waals surface area contributed by atoms with Crippen LogP contribution >= 0.6 is 0 Å². The molecule has 19 heavy (non-hydrogen) atoms. The number of nitro benzene ring substituents is 1. The molecule has 0 saturated carbocycles. The van der Waals surface area contributed by atoms with E-state index in [-0.39, 0.29) is 0 Å². The van der Waals surface area contributed by atoms with Crippen molar-refractivity contribution in [2.24, 2.45) is 0 Å². The van der Waals surface area contributed by atoms with E-state index in [1.165, 1.54) is 6.07 Å². The van der Waals surface area contributed by atoms with Crippen LogP contribution in [0.15, 0.2) is 18.2 Å². The van der Waals surface area contributed by atoms with E-state index < -0.39 is 22.5 Å². The van der Waals surface area contributed by atoms with E-state index in [2.05, 4.69) is 0 Å². The molecule has 2 rings (SSSR count). The first-order valence-corrected chi connectivity index (χ1v) is 6.00. The summed E-state index contributed by atoms with van der Waals surface area (Å²) in [7, 11) is 0. The topological polar surface area (TPSA) is 75.8 Å². The van der Waals surface area contributed by atoms with Crippen molar-refractivity contribution >= 4 is 5.69 Å². The van der Waals surface area contributed by atoms with E-state index in [0.29, 0.717) is 38.4 Å². The standard InChI is InChI=1S/C12H15FN2O4/c13-10-2-1-9(7-11(10)15(17)18)12(16)8-14-3-5-19-6-4-14/h1-2,7,12,16H,3-6,8H2. The third-order valence-corrected chi connectivity index (χ3v) is 3.09. The normalized spacial score (nSPS) is 18.2. The Morgan fingerprint density at radius 3 is 2.79 bits per heavy atom. The molecule has 1 aliphatic rings. The highest BCUT2D eigenvalue weighted by molar-refractivity contribution is 5.37. The largest absolute Gasteiger partial charge is 0.387 e. The summed E-state index contributed by atoms with van der Waals surface area (Å²) in [5.74, 6) is -0.896. The van der Waals surface area contributed by atoms with Gasteiger partial charge in [0, 0.05) is 25.7 Å². The third kappa shape index (κ3) is 3.46. The highest BCUT2D eigenvalue weighted by Gasteiger charge is 2.20. The number of β-amino-alcohol motifs (C(OH)–C–C–N with tert-alkyl or cyclic N) is 1. The summed E-state index contributed by atoms with van der Waals surface area (Å²) >= 11 is 0. The van der Waals surface area contributed by atoms with Crippen LogP contribution in [0.5, 0.6) is 0 Å². The summed E-state index contributed by atoms with van der Waals surface area (Å²) in [6.45, 7) is 2.99. The molecule has 0 amide bonds. The van der Waals surface area contributed by atoms with Crippen molar-refractivity contribution in [1.82, 2.24) is 4.90 Å². The average molecular weight is 270 g/mol. The minimum Gasteiger partial charge on any atom is -0.387 e. The molecule has 6 nitrogen and oxygen atoms in total. The molecule has 1 saturated heterocycles. The maximum Gasteiger partial charge on any atom is 0.305 e. The fourth-order valence-electron chi connectivity index (χ4n) is 2.01. The average Bonchev–Trinajstić information content (AvgIpc) is 2.40. The van der Waals surface area contributed by atoms with E-state index in [1.54, 1.807) is 0 Å². The predicted octanol–water partition coefficient (Wildman–Crippen LogP) is 1.10. The first kappa shape index (κ1) is 13.9. The zero-order valence-electron chi connectivity index (χ0n) is 10.3. The van der Waals surface area contributed by atoms with Crippen LogP contribution in [0.1, 0.15) is 11.7 Å². The maximum atomic E-state index is 13.2. The minimum atomic E-state index is -0.896. The number of hydrogen-bond acceptors (Lipinski definition) is 5. The molecule has 0 aliphatic carbocycles. The third-order valence-electron chi connectivity index (χ3n) is 3.09. The molecule has 1 aromatic rings. The van der Waals surface area contributed by atoms with E-state index in [9.17, 15) is 19.6 Å². The highest BCUT2D eigenvalue weighted by Crippen LogP contribution is 2.23. The fourth-order valence-corrected chi connectivity index (χ4v) is 2.01. The van der Waals surface area contributed by atoms with Gasteiger partial charge in [-0.2, -0.15) is 4.39 Å². The van der Waals surface area contributed by atoms with Crippen LogP contribution < -0.4 is 0 Å². The van der Waals surface area contributed by atoms with Gasteiger partial charge in [-0.1, -0.05) is 6.07 Å². The Labute approximate surface area is 109 Å². The highest BCUT2D eigenvalue weighted by atomic mass is 19.1. The second-order valence-corrected chi connectivity index (χ2v) is 4.40. The summed E-state index contributed by atoms with van der Waals surface area (Å²) in [6, 6.07) is 3.46. The summed E-state index contributed by atoms with van der Waals surface area (Å²) in [4.78, 5) is 11.9. The quantitative estimate of drug-likeness (QED) is 0.655. The molecule has 0 bridgehead atoms. The second-order valence-electron chi connectivity index (χ2n) is 4.40. The molecule has 1 fully saturated rings. The zero-order chi connectivity index (χ0) is 13.8. The van der Waals surface area contributed by atoms with Gasteiger partial charge in [0.15, 0.2) is 0 Å². The van der Waals surface area contributed by atoms with Gasteiger partial charge in [0.2, 0.25) is 5.82 Å². The molecular weight excluding hydrogens is 255 g/mol. The van der Waals surface area contributed by atoms with Gasteiger partial charge in [-0.15, -0.1) is 0 Å². The number of nitro groups is 1. The molecule has 0 aromatic heterocycles. The van der Waals surface area contributed by atoms with Crippen molar-refractivity contribution in [1.29, 1.82) is 0 Å². The number of aliphatic hydroxyl groups excluding tert-OH is 1. The number of nitrogens with zero attached hydrogens (tertiary/aromatic N) is 2. The zero-order valence-corrected chi connectivity index (χ0v) is 10.3. The van der Waals surface area contributed by atoms with Crippen molar-refractivity contribution in [2.75, 3.05) is 32.8 Å². The number of morpholine rings is 1. The van der Waals surface area contributed by atoms with Gasteiger partial charge in [-0.05, 0) is 11.6 Å². The summed E-state index contributed by atoms with van der Waals surface area (Å²) in [6.07, 6.45) is -0.877. The number of rotatable bonds is 4. The molecule has 0 radical (unpaired) electrons. The first-order valence-electron chi connectivity index (χ1n) is 6.00. The number of aliphatic hydroxyl groups is 1. The van der Waals surface area contributed by atoms with Crippen molar-refractivity contribution in [3.63, 3.8) is 0 Å². The maximum absolute atomic E-state index is 13.2. The van der Waals surface area contributed by atoms with Crippen LogP contribution in [0.3, 0.4) is 0 Å². The van der Waals surface area contributed by atoms with Crippen LogP contribution in [0, 0.1) is 15.9 Å². The van der Waals surface area contributed by atoms with Crippen molar-refractivity contribution < 1.29 is 19.2 Å². The van der Waals surface area contributed by atoms with Gasteiger partial charge in [0.05, 0.1) is 24.2 Å². The molecule has 0 spiro atoms. The molecule has 1 heterocycles. The fraction of sp³-hybridized carbons (Fsp3) is 0.500. The molecule has 104 valence electrons. The summed E-state index contributed by atoms with van der Waals surface area (Å²) < 4.78 is 18.4. The molecule has 1 aliphatic heterocycles. The van der Waals surface area contributed by atoms with E-state index in [1.807, 2.05) is 4.90 Å². The van der Waals surface area contributed by atoms with Crippen molar-refractivity contribution in [3.8, 4) is 0 Å². The van der Waals surface area contributed by atoms with Gasteiger partial charge in [-0.25, -0.2) is 0 Å². The summed E-state index contributed by atoms with van der Waals surface area (Å²) in [5, 5.41) is 20.7. The lowest BCUT2D eigenvalue weighted by Gasteiger charge is -2.28. The van der Waals surface area contributed by atoms with Gasteiger partial charge >= 0.3 is 5.69 Å². The SMILES string of the molecule is O=[N+]([O-])c1cc(C(O)CN2CCOCC2)ccc1F. The monoisotopic (exact) mass is 270 g/mol. The van der Waals surface area contributed by atoms with Crippen molar-refractivity contribution in [3.05, 3.63) is 39.7 Å². The number of hydrogen-bond donors (Lipinski definition) is 1. The van der Waals surface area contributed by atoms with Gasteiger partial charge in [0.1, 0.15) is 0 Å². The minimum absolute atomic E-state index is 0.347. The lowest BCUT2D eigenvalue weighted by Crippen LogP contribution is -2.38. The van der Waals surface area contributed by atoms with Gasteiger partial charge in [-0.3, -0.25) is 15.0 Å². The molecule has 7 heteroatoms. The van der Waals surface area contributed by atoms with E-state index in [0.717, 1.165) is 12.1 Å². The number of halogens is 1. The van der Waals surface area contributed by atoms with Crippen molar-refractivity contribution in [2.45, 2.75) is 6.10 Å².